The van der Waals surface area contributed by atoms with Crippen LogP contribution < -0.4 is 15.8 Å². The van der Waals surface area contributed by atoms with Gasteiger partial charge in [-0.2, -0.15) is 0 Å². The van der Waals surface area contributed by atoms with Gasteiger partial charge in [-0.1, -0.05) is 12.1 Å². The topological polar surface area (TPSA) is 38.0 Å². The van der Waals surface area contributed by atoms with Gasteiger partial charge in [0.15, 0.2) is 0 Å². The molecule has 1 rings (SSSR count). The molecule has 3 nitrogen and oxygen atoms in total. The minimum Gasteiger partial charge on any atom is -0.359 e. The summed E-state index contributed by atoms with van der Waals surface area (Å²) in [5.74, 6) is -0.277. The van der Waals surface area contributed by atoms with Crippen molar-refractivity contribution in [3.63, 3.8) is 0 Å². The predicted molar refractivity (Wildman–Crippen MR) is 61.9 cm³/mol. The first kappa shape index (κ1) is 11.6. The fourth-order valence-electron chi connectivity index (χ4n) is 0.976. The highest BCUT2D eigenvalue weighted by Crippen LogP contribution is 2.00. The summed E-state index contributed by atoms with van der Waals surface area (Å²) in [6, 6.07) is 6.47. The van der Waals surface area contributed by atoms with Crippen LogP contribution in [0.25, 0.3) is 0 Å². The molecule has 0 aliphatic rings. The maximum Gasteiger partial charge on any atom is 0.223 e. The lowest BCUT2D eigenvalue weighted by atomic mass is 10.2. The number of hydrazone groups is 1. The van der Waals surface area contributed by atoms with Gasteiger partial charge in [0, 0.05) is 6.54 Å². The van der Waals surface area contributed by atoms with Crippen molar-refractivity contribution in [2.24, 2.45) is 0 Å². The van der Waals surface area contributed by atoms with E-state index in [0.717, 1.165) is 6.54 Å². The second-order valence-electron chi connectivity index (χ2n) is 2.79. The number of rotatable bonds is 3. The summed E-state index contributed by atoms with van der Waals surface area (Å²) >= 11 is 4.90. The molecule has 0 atom stereocenters. The molecule has 0 amide bonds. The predicted octanol–water partition coefficient (Wildman–Crippen LogP) is -0.276. The van der Waals surface area contributed by atoms with Gasteiger partial charge in [0.2, 0.25) is 11.3 Å². The van der Waals surface area contributed by atoms with E-state index in [1.54, 1.807) is 18.2 Å². The number of thiocarbonyl (C=S) groups is 1. The minimum atomic E-state index is -0.277. The van der Waals surface area contributed by atoms with Crippen LogP contribution in [0.1, 0.15) is 12.5 Å². The molecule has 0 bridgehead atoms. The van der Waals surface area contributed by atoms with E-state index in [1.807, 2.05) is 6.92 Å². The van der Waals surface area contributed by atoms with Crippen molar-refractivity contribution < 1.29 is 9.49 Å². The molecule has 0 heterocycles. The van der Waals surface area contributed by atoms with Crippen LogP contribution in [-0.2, 0) is 0 Å². The molecule has 0 aliphatic heterocycles. The summed E-state index contributed by atoms with van der Waals surface area (Å²) in [6.45, 7) is 2.68. The van der Waals surface area contributed by atoms with Crippen LogP contribution in [0.2, 0.25) is 0 Å². The van der Waals surface area contributed by atoms with Crippen molar-refractivity contribution in [1.29, 1.82) is 0 Å². The minimum absolute atomic E-state index is 0.277. The molecule has 3 N–H and O–H groups in total. The molecule has 0 aromatic heterocycles. The van der Waals surface area contributed by atoms with Crippen molar-refractivity contribution in [2.45, 2.75) is 6.92 Å². The van der Waals surface area contributed by atoms with E-state index in [4.69, 9.17) is 12.2 Å². The first-order valence-electron chi connectivity index (χ1n) is 4.61. The van der Waals surface area contributed by atoms with Gasteiger partial charge in [-0.3, -0.25) is 0 Å². The van der Waals surface area contributed by atoms with Gasteiger partial charge in [0.1, 0.15) is 5.82 Å². The molecular formula is C10H13FN3S+. The quantitative estimate of drug-likeness (QED) is 0.377. The standard InChI is InChI=1S/C10H12FN3S/c1-2-12-10(15)14-13-7-8-5-3-4-6-9(8)11/h3-7H,2H2,1H3,(H2,12,14,15)/p+1. The maximum absolute atomic E-state index is 13.1. The summed E-state index contributed by atoms with van der Waals surface area (Å²) < 4.78 is 13.1. The largest absolute Gasteiger partial charge is 0.359 e. The fraction of sp³-hybridized carbons (Fsp3) is 0.200. The molecular weight excluding hydrogens is 213 g/mol. The zero-order valence-electron chi connectivity index (χ0n) is 8.38. The Labute approximate surface area is 93.4 Å². The number of hydrogen-bond acceptors (Lipinski definition) is 1. The van der Waals surface area contributed by atoms with Crippen LogP contribution in [0.4, 0.5) is 4.39 Å². The van der Waals surface area contributed by atoms with Gasteiger partial charge >= 0.3 is 0 Å². The number of hydrogen-bond donors (Lipinski definition) is 3. The van der Waals surface area contributed by atoms with Crippen molar-refractivity contribution in [1.82, 2.24) is 10.7 Å². The summed E-state index contributed by atoms with van der Waals surface area (Å²) in [7, 11) is 0. The Bertz CT molecular complexity index is 365. The zero-order valence-corrected chi connectivity index (χ0v) is 9.20. The van der Waals surface area contributed by atoms with E-state index in [0.29, 0.717) is 10.7 Å². The van der Waals surface area contributed by atoms with Gasteiger partial charge in [-0.15, -0.1) is 10.5 Å². The fourth-order valence-corrected chi connectivity index (χ4v) is 1.18. The lowest BCUT2D eigenvalue weighted by Crippen LogP contribution is -2.82. The Balaban J connectivity index is 2.52. The second-order valence-corrected chi connectivity index (χ2v) is 3.20. The van der Waals surface area contributed by atoms with Crippen LogP contribution in [0.5, 0.6) is 0 Å². The lowest BCUT2D eigenvalue weighted by Gasteiger charge is -1.98. The number of nitrogens with one attached hydrogen (secondary N) is 3. The molecule has 0 saturated heterocycles. The van der Waals surface area contributed by atoms with E-state index in [2.05, 4.69) is 15.8 Å². The Morgan fingerprint density at radius 1 is 1.53 bits per heavy atom. The second kappa shape index (κ2) is 6.08. The Hall–Kier alpha value is -1.49. The first-order valence-corrected chi connectivity index (χ1v) is 5.02. The monoisotopic (exact) mass is 226 g/mol. The lowest BCUT2D eigenvalue weighted by molar-refractivity contribution is -0.500. The summed E-state index contributed by atoms with van der Waals surface area (Å²) in [5.41, 5.74) is 3.18. The van der Waals surface area contributed by atoms with E-state index in [9.17, 15) is 4.39 Å². The highest BCUT2D eigenvalue weighted by Gasteiger charge is 1.99. The average molecular weight is 226 g/mol. The Kier molecular flexibility index (Phi) is 4.70. The molecule has 15 heavy (non-hydrogen) atoms. The van der Waals surface area contributed by atoms with Crippen LogP contribution in [-0.4, -0.2) is 17.9 Å². The third-order valence-electron chi connectivity index (χ3n) is 1.66. The molecule has 0 unspecified atom stereocenters. The van der Waals surface area contributed by atoms with Gasteiger partial charge in [0.25, 0.3) is 0 Å². The highest BCUT2D eigenvalue weighted by molar-refractivity contribution is 7.80. The van der Waals surface area contributed by atoms with E-state index < -0.39 is 0 Å². The van der Waals surface area contributed by atoms with Crippen LogP contribution in [0, 0.1) is 5.82 Å². The normalized spacial score (nSPS) is 10.3. The van der Waals surface area contributed by atoms with Gasteiger partial charge in [-0.25, -0.2) is 4.39 Å². The van der Waals surface area contributed by atoms with Crippen molar-refractivity contribution in [2.75, 3.05) is 6.54 Å². The van der Waals surface area contributed by atoms with Crippen LogP contribution >= 0.6 is 12.2 Å². The molecule has 0 spiro atoms. The van der Waals surface area contributed by atoms with Gasteiger partial charge in [0.05, 0.1) is 5.56 Å². The van der Waals surface area contributed by atoms with Gasteiger partial charge < -0.3 is 5.32 Å². The smallest absolute Gasteiger partial charge is 0.223 e. The highest BCUT2D eigenvalue weighted by atomic mass is 32.1. The average Bonchev–Trinajstić information content (AvgIpc) is 2.21. The summed E-state index contributed by atoms with van der Waals surface area (Å²) in [5, 5.41) is 6.08. The van der Waals surface area contributed by atoms with E-state index >= 15 is 0 Å². The molecule has 0 fully saturated rings. The molecule has 1 aromatic carbocycles. The Morgan fingerprint density at radius 2 is 2.27 bits per heavy atom. The SMILES string of the molecule is CCNC(=S)N[NH+]=Cc1ccccc1F. The van der Waals surface area contributed by atoms with Crippen molar-refractivity contribution in [3.05, 3.63) is 35.6 Å². The Morgan fingerprint density at radius 3 is 2.93 bits per heavy atom. The number of benzene rings is 1. The number of halogens is 1. The maximum atomic E-state index is 13.1. The molecule has 80 valence electrons. The molecule has 0 aliphatic carbocycles. The summed E-state index contributed by atoms with van der Waals surface area (Å²) in [4.78, 5) is 0. The van der Waals surface area contributed by atoms with Gasteiger partial charge in [-0.05, 0) is 31.3 Å². The van der Waals surface area contributed by atoms with Crippen LogP contribution in [0.3, 0.4) is 0 Å². The van der Waals surface area contributed by atoms with E-state index in [1.165, 1.54) is 12.3 Å². The molecule has 0 saturated carbocycles. The van der Waals surface area contributed by atoms with E-state index in [-0.39, 0.29) is 5.82 Å². The summed E-state index contributed by atoms with van der Waals surface area (Å²) in [6.07, 6.45) is 1.51. The first-order chi connectivity index (χ1) is 7.24. The van der Waals surface area contributed by atoms with Crippen molar-refractivity contribution >= 4 is 23.5 Å². The molecule has 1 aromatic rings. The zero-order chi connectivity index (χ0) is 11.1. The van der Waals surface area contributed by atoms with Crippen LogP contribution in [0.15, 0.2) is 24.3 Å². The number of hydrazine groups is 1. The molecule has 5 heteroatoms. The molecule has 0 radical (unpaired) electrons. The third kappa shape index (κ3) is 4.03. The third-order valence-corrected chi connectivity index (χ3v) is 1.90. The van der Waals surface area contributed by atoms with Crippen molar-refractivity contribution in [3.8, 4) is 0 Å².